The molecule has 0 heteroatoms. The topological polar surface area (TPSA) is 0 Å². The zero-order chi connectivity index (χ0) is 101. The maximum atomic E-state index is 2.33. The molecule has 0 aromatic heterocycles. The first-order chi connectivity index (χ1) is 67.9. The van der Waals surface area contributed by atoms with Gasteiger partial charge in [-0.3, -0.25) is 0 Å². The van der Waals surface area contributed by atoms with Crippen molar-refractivity contribution in [3.8, 4) is 55.6 Å². The van der Waals surface area contributed by atoms with Crippen LogP contribution in [-0.2, 0) is 57.8 Å². The van der Waals surface area contributed by atoms with E-state index >= 15 is 0 Å². The second-order valence-corrected chi connectivity index (χ2v) is 42.5. The van der Waals surface area contributed by atoms with Crippen LogP contribution in [-0.4, -0.2) is 0 Å². The van der Waals surface area contributed by atoms with Gasteiger partial charge in [0.05, 0.1) is 0 Å². The second kappa shape index (κ2) is 74.1. The molecule has 14 rings (SSSR count). The molecule has 0 aliphatic carbocycles. The summed E-state index contributed by atoms with van der Waals surface area (Å²) in [4.78, 5) is 0. The molecule has 0 fully saturated rings. The van der Waals surface area contributed by atoms with Crippen LogP contribution in [0, 0.1) is 53.3 Å². The summed E-state index contributed by atoms with van der Waals surface area (Å²) in [5.41, 5.74) is 26.2. The van der Waals surface area contributed by atoms with Crippen LogP contribution < -0.4 is 0 Å². The summed E-state index contributed by atoms with van der Waals surface area (Å²) in [5.74, 6) is 7.41. The highest BCUT2D eigenvalue weighted by Gasteiger charge is 2.09. The third kappa shape index (κ3) is 57.7. The minimum Gasteiger partial charge on any atom is -0.0628 e. The molecular formula is C140H186. The van der Waals surface area contributed by atoms with E-state index in [2.05, 4.69) is 519 Å². The van der Waals surface area contributed by atoms with Crippen molar-refractivity contribution in [3.63, 3.8) is 0 Å². The molecule has 0 heterocycles. The largest absolute Gasteiger partial charge is 0.0628 e. The molecule has 0 saturated heterocycles. The van der Waals surface area contributed by atoms with E-state index in [9.17, 15) is 0 Å². The number of aryl methyl sites for hydroxylation is 9. The van der Waals surface area contributed by atoms with Gasteiger partial charge in [-0.2, -0.15) is 0 Å². The van der Waals surface area contributed by atoms with Crippen molar-refractivity contribution in [3.05, 3.63) is 444 Å². The Bertz CT molecular complexity index is 5090. The van der Waals surface area contributed by atoms with Crippen molar-refractivity contribution >= 4 is 0 Å². The maximum Gasteiger partial charge on any atom is -0.0181 e. The van der Waals surface area contributed by atoms with Crippen molar-refractivity contribution < 1.29 is 0 Å². The fraction of sp³-hybridized carbons (Fsp3) is 0.400. The van der Waals surface area contributed by atoms with Gasteiger partial charge in [-0.25, -0.2) is 0 Å². The molecule has 0 spiro atoms. The van der Waals surface area contributed by atoms with Crippen molar-refractivity contribution in [2.45, 2.75) is 311 Å². The summed E-state index contributed by atoms with van der Waals surface area (Å²) < 4.78 is 0. The van der Waals surface area contributed by atoms with Crippen LogP contribution in [0.4, 0.5) is 0 Å². The molecule has 0 nitrogen and oxygen atoms in total. The van der Waals surface area contributed by atoms with Gasteiger partial charge in [-0.1, -0.05) is 590 Å². The van der Waals surface area contributed by atoms with E-state index in [1.807, 2.05) is 0 Å². The third-order valence-corrected chi connectivity index (χ3v) is 25.4. The first-order valence-electron chi connectivity index (χ1n) is 54.8. The van der Waals surface area contributed by atoms with E-state index in [1.54, 1.807) is 0 Å². The lowest BCUT2D eigenvalue weighted by Crippen LogP contribution is -1.92. The van der Waals surface area contributed by atoms with E-state index in [0.29, 0.717) is 0 Å². The summed E-state index contributed by atoms with van der Waals surface area (Å²) in [6.07, 6.45) is 37.6. The van der Waals surface area contributed by atoms with Gasteiger partial charge in [-0.05, 0) is 275 Å². The van der Waals surface area contributed by atoms with Crippen molar-refractivity contribution in [2.24, 2.45) is 53.3 Å². The highest BCUT2D eigenvalue weighted by molar-refractivity contribution is 5.67. The first-order valence-corrected chi connectivity index (χ1v) is 54.8. The Labute approximate surface area is 858 Å². The van der Waals surface area contributed by atoms with Gasteiger partial charge in [0.15, 0.2) is 0 Å². The van der Waals surface area contributed by atoms with Gasteiger partial charge in [-0.15, -0.1) is 0 Å². The van der Waals surface area contributed by atoms with Crippen LogP contribution in [0.1, 0.15) is 303 Å². The summed E-state index contributed by atoms with van der Waals surface area (Å²) in [6, 6.07) is 141. The summed E-state index contributed by atoms with van der Waals surface area (Å²) in [6.45, 7) is 41.2. The molecular weight excluding hydrogens is 1680 g/mol. The van der Waals surface area contributed by atoms with Gasteiger partial charge < -0.3 is 0 Å². The van der Waals surface area contributed by atoms with E-state index in [0.717, 1.165) is 53.3 Å². The Balaban J connectivity index is 0.000000243. The lowest BCUT2D eigenvalue weighted by Gasteiger charge is -2.07. The molecule has 0 bridgehead atoms. The van der Waals surface area contributed by atoms with Crippen LogP contribution in [0.25, 0.3) is 55.6 Å². The summed E-state index contributed by atoms with van der Waals surface area (Å²) in [7, 11) is 0. The van der Waals surface area contributed by atoms with Crippen LogP contribution in [0.3, 0.4) is 0 Å². The molecule has 746 valence electrons. The van der Waals surface area contributed by atoms with E-state index in [-0.39, 0.29) is 0 Å². The lowest BCUT2D eigenvalue weighted by molar-refractivity contribution is 0.527. The zero-order valence-electron chi connectivity index (χ0n) is 90.7. The number of rotatable bonds is 43. The van der Waals surface area contributed by atoms with Gasteiger partial charge in [0, 0.05) is 0 Å². The SMILES string of the molecule is CC(C)CCCCCc1ccccc1.CC(C)CCCCc1ccc(-c2ccccc2)cc1.CC(C)CCCCc1ccc(-c2ccccc2)cc1.CC(C)CCCCc1ccccc1.CC(C)CCCc1cccc(-c2ccccc2)c1.CC(C)CCCc1ccccc1.CC(C)CCc1ccc(-c2ccccc2)cc1.CC(C)CCc1cccc(-c2ccccc2)c1.CC(C)CCc1ccccc1. The average Bonchev–Trinajstić information content (AvgIpc) is 0.884. The van der Waals surface area contributed by atoms with Crippen LogP contribution >= 0.6 is 0 Å². The summed E-state index contributed by atoms with van der Waals surface area (Å²) in [5, 5.41) is 0. The molecule has 0 amide bonds. The molecule has 0 aliphatic rings. The van der Waals surface area contributed by atoms with Crippen molar-refractivity contribution in [2.75, 3.05) is 0 Å². The van der Waals surface area contributed by atoms with Gasteiger partial charge >= 0.3 is 0 Å². The fourth-order valence-electron chi connectivity index (χ4n) is 16.6. The molecule has 140 heavy (non-hydrogen) atoms. The Kier molecular flexibility index (Phi) is 62.3. The highest BCUT2D eigenvalue weighted by atomic mass is 14.1. The number of hydrogen-bond donors (Lipinski definition) is 0. The van der Waals surface area contributed by atoms with Crippen LogP contribution in [0.2, 0.25) is 0 Å². The van der Waals surface area contributed by atoms with Crippen LogP contribution in [0.5, 0.6) is 0 Å². The van der Waals surface area contributed by atoms with Gasteiger partial charge in [0.1, 0.15) is 0 Å². The molecule has 14 aromatic carbocycles. The normalized spacial score (nSPS) is 10.8. The van der Waals surface area contributed by atoms with E-state index in [1.165, 1.54) is 292 Å². The molecule has 0 aliphatic heterocycles. The molecule has 0 atom stereocenters. The minimum atomic E-state index is 0.774. The first kappa shape index (κ1) is 118. The minimum absolute atomic E-state index is 0.774. The quantitative estimate of drug-likeness (QED) is 0.0334. The Hall–Kier alpha value is -10.9. The average molecular weight is 1870 g/mol. The second-order valence-electron chi connectivity index (χ2n) is 42.5. The smallest absolute Gasteiger partial charge is 0.0181 e. The maximum absolute atomic E-state index is 2.33. The van der Waals surface area contributed by atoms with Gasteiger partial charge in [0.25, 0.3) is 0 Å². The Morgan fingerprint density at radius 3 is 0.507 bits per heavy atom. The number of hydrogen-bond acceptors (Lipinski definition) is 0. The number of benzene rings is 14. The highest BCUT2D eigenvalue weighted by Crippen LogP contribution is 2.28. The Morgan fingerprint density at radius 2 is 0.257 bits per heavy atom. The molecule has 0 unspecified atom stereocenters. The van der Waals surface area contributed by atoms with Crippen molar-refractivity contribution in [1.29, 1.82) is 0 Å². The van der Waals surface area contributed by atoms with E-state index in [4.69, 9.17) is 0 Å². The van der Waals surface area contributed by atoms with E-state index < -0.39 is 0 Å². The molecule has 0 radical (unpaired) electrons. The van der Waals surface area contributed by atoms with Gasteiger partial charge in [0.2, 0.25) is 0 Å². The lowest BCUT2D eigenvalue weighted by atomic mass is 9.98. The monoisotopic (exact) mass is 1870 g/mol. The predicted molar refractivity (Wildman–Crippen MR) is 624 cm³/mol. The number of unbranched alkanes of at least 4 members (excludes halogenated alkanes) is 5. The fourth-order valence-corrected chi connectivity index (χ4v) is 16.6. The van der Waals surface area contributed by atoms with Crippen molar-refractivity contribution in [1.82, 2.24) is 0 Å². The third-order valence-electron chi connectivity index (χ3n) is 25.4. The standard InChI is InChI=1S/2C19H24.C18H22.2C17H20.C14H22.C13H20.C12H18.C11H16/c2*1-16(2)8-6-7-9-17-12-14-19(15-13-17)18-10-4-3-5-11-18;1-15(2)8-6-9-16-10-7-13-18(14-16)17-11-4-3-5-12-17;1-14(2)11-12-15-7-6-10-17(13-15)16-8-4-3-5-9-16;1-14(2)8-9-15-10-12-17(13-11-15)16-6-4-3-5-7-16;1-13(2)9-5-3-6-10-14-11-7-4-8-12-14;1-12(2)8-6-7-11-13-9-4-3-5-10-13;1-11(2)7-6-10-12-8-4-3-5-9-12;1-10(2)8-9-11-6-4-3-5-7-11/h2*3-5,10-16H,6-9H2,1-2H3;3-5,7,10-15H,6,8-9H2,1-2H3;3-10,13-14H,11-12H2,1-2H3;3-7,10-14H,8-9H2,1-2H3;4,7-8,11-13H,3,5-6,9-10H2,1-2H3;3-5,9-10,12H,6-8,11H2,1-2H3;3-5,8-9,11H,6-7,10H2,1-2H3;3-7,10H,8-9H2,1-2H3. The summed E-state index contributed by atoms with van der Waals surface area (Å²) >= 11 is 0. The molecule has 14 aromatic rings. The van der Waals surface area contributed by atoms with Crippen LogP contribution in [0.15, 0.2) is 394 Å². The Morgan fingerprint density at radius 1 is 0.107 bits per heavy atom. The molecule has 0 N–H and O–H groups in total. The zero-order valence-corrected chi connectivity index (χ0v) is 90.7. The predicted octanol–water partition coefficient (Wildman–Crippen LogP) is 42.1. The molecule has 0 saturated carbocycles.